The van der Waals surface area contributed by atoms with Crippen molar-refractivity contribution in [3.8, 4) is 0 Å². The third-order valence-electron chi connectivity index (χ3n) is 4.32. The summed E-state index contributed by atoms with van der Waals surface area (Å²) >= 11 is 0. The first-order valence-electron chi connectivity index (χ1n) is 7.75. The Kier molecular flexibility index (Phi) is 4.22. The summed E-state index contributed by atoms with van der Waals surface area (Å²) in [5.41, 5.74) is 0.912. The maximum absolute atomic E-state index is 12.4. The molecule has 1 saturated heterocycles. The lowest BCUT2D eigenvalue weighted by atomic mass is 9.97. The molecule has 118 valence electrons. The predicted octanol–water partition coefficient (Wildman–Crippen LogP) is 1.33. The molecule has 1 amide bonds. The maximum atomic E-state index is 12.4. The van der Waals surface area contributed by atoms with Crippen LogP contribution in [0.4, 0.5) is 0 Å². The Balaban J connectivity index is 1.60. The summed E-state index contributed by atoms with van der Waals surface area (Å²) in [5.74, 6) is -0.602. The number of carbonyl (C=O) groups excluding carboxylic acids is 1. The van der Waals surface area contributed by atoms with E-state index in [4.69, 9.17) is 5.11 Å². The van der Waals surface area contributed by atoms with E-state index in [-0.39, 0.29) is 11.6 Å². The number of aromatic carboxylic acids is 1. The van der Waals surface area contributed by atoms with E-state index < -0.39 is 5.97 Å². The lowest BCUT2D eigenvalue weighted by Crippen LogP contribution is -2.41. The molecule has 7 heteroatoms. The number of piperidine rings is 1. The third kappa shape index (κ3) is 3.18. The van der Waals surface area contributed by atoms with Crippen molar-refractivity contribution in [2.45, 2.75) is 38.6 Å². The molecule has 1 aliphatic carbocycles. The van der Waals surface area contributed by atoms with Gasteiger partial charge in [0.1, 0.15) is 0 Å². The molecular formula is C15H20N4O3. The van der Waals surface area contributed by atoms with Crippen LogP contribution in [0.3, 0.4) is 0 Å². The molecule has 22 heavy (non-hydrogen) atoms. The van der Waals surface area contributed by atoms with Crippen LogP contribution in [0.1, 0.15) is 42.6 Å². The van der Waals surface area contributed by atoms with Gasteiger partial charge in [-0.25, -0.2) is 4.79 Å². The summed E-state index contributed by atoms with van der Waals surface area (Å²) < 4.78 is 1.57. The van der Waals surface area contributed by atoms with Gasteiger partial charge in [-0.15, -0.1) is 5.10 Å². The SMILES string of the molecule is O=C(O)c1cn(C[C@H]2CCCN(C(=O)C3=CCCC3)C2)nn1. The number of carboxylic acid groups (broad SMARTS) is 1. The van der Waals surface area contributed by atoms with E-state index in [1.165, 1.54) is 6.20 Å². The molecular weight excluding hydrogens is 284 g/mol. The van der Waals surface area contributed by atoms with Crippen molar-refractivity contribution in [2.75, 3.05) is 13.1 Å². The minimum absolute atomic E-state index is 0.0418. The fourth-order valence-corrected chi connectivity index (χ4v) is 3.22. The highest BCUT2D eigenvalue weighted by molar-refractivity contribution is 5.93. The van der Waals surface area contributed by atoms with Gasteiger partial charge in [0.25, 0.3) is 0 Å². The second-order valence-corrected chi connectivity index (χ2v) is 6.01. The normalized spacial score (nSPS) is 21.7. The van der Waals surface area contributed by atoms with E-state index in [1.54, 1.807) is 4.68 Å². The summed E-state index contributed by atoms with van der Waals surface area (Å²) in [4.78, 5) is 25.2. The van der Waals surface area contributed by atoms with Crippen molar-refractivity contribution in [3.05, 3.63) is 23.5 Å². The zero-order valence-corrected chi connectivity index (χ0v) is 12.4. The van der Waals surface area contributed by atoms with Gasteiger partial charge in [-0.05, 0) is 38.0 Å². The van der Waals surface area contributed by atoms with Crippen LogP contribution in [0.2, 0.25) is 0 Å². The van der Waals surface area contributed by atoms with Crippen molar-refractivity contribution in [1.29, 1.82) is 0 Å². The fraction of sp³-hybridized carbons (Fsp3) is 0.600. The molecule has 3 rings (SSSR count). The van der Waals surface area contributed by atoms with Crippen LogP contribution in [0.15, 0.2) is 17.8 Å². The van der Waals surface area contributed by atoms with Gasteiger partial charge in [0.2, 0.25) is 5.91 Å². The van der Waals surface area contributed by atoms with Gasteiger partial charge in [0, 0.05) is 25.2 Å². The van der Waals surface area contributed by atoms with Crippen LogP contribution in [-0.4, -0.2) is 50.0 Å². The van der Waals surface area contributed by atoms with Crippen molar-refractivity contribution >= 4 is 11.9 Å². The van der Waals surface area contributed by atoms with Gasteiger partial charge in [0.05, 0.1) is 6.20 Å². The van der Waals surface area contributed by atoms with Gasteiger partial charge in [-0.3, -0.25) is 9.48 Å². The smallest absolute Gasteiger partial charge is 0.358 e. The maximum Gasteiger partial charge on any atom is 0.358 e. The lowest BCUT2D eigenvalue weighted by molar-refractivity contribution is -0.129. The minimum atomic E-state index is -1.07. The standard InChI is InChI=1S/C15H20N4O3/c20-14(12-5-1-2-6-12)18-7-3-4-11(8-18)9-19-10-13(15(21)22)16-17-19/h5,10-11H,1-4,6-9H2,(H,21,22)/t11-/m0/s1. The summed E-state index contributed by atoms with van der Waals surface area (Å²) in [5, 5.41) is 16.3. The number of amides is 1. The number of hydrogen-bond acceptors (Lipinski definition) is 4. The number of hydrogen-bond donors (Lipinski definition) is 1. The molecule has 1 N–H and O–H groups in total. The topological polar surface area (TPSA) is 88.3 Å². The second-order valence-electron chi connectivity index (χ2n) is 6.01. The Morgan fingerprint density at radius 1 is 1.36 bits per heavy atom. The molecule has 0 saturated carbocycles. The molecule has 2 aliphatic rings. The summed E-state index contributed by atoms with van der Waals surface area (Å²) in [6, 6.07) is 0. The highest BCUT2D eigenvalue weighted by atomic mass is 16.4. The van der Waals surface area contributed by atoms with Crippen LogP contribution >= 0.6 is 0 Å². The molecule has 1 aromatic rings. The zero-order valence-electron chi connectivity index (χ0n) is 12.4. The average Bonchev–Trinajstić information content (AvgIpc) is 3.18. The van der Waals surface area contributed by atoms with E-state index in [9.17, 15) is 9.59 Å². The van der Waals surface area contributed by atoms with E-state index in [2.05, 4.69) is 16.4 Å². The number of carboxylic acids is 1. The zero-order chi connectivity index (χ0) is 15.5. The molecule has 2 heterocycles. The van der Waals surface area contributed by atoms with Gasteiger partial charge in [0.15, 0.2) is 5.69 Å². The summed E-state index contributed by atoms with van der Waals surface area (Å²) in [6.07, 6.45) is 8.48. The third-order valence-corrected chi connectivity index (χ3v) is 4.32. The van der Waals surface area contributed by atoms with Crippen LogP contribution in [-0.2, 0) is 11.3 Å². The van der Waals surface area contributed by atoms with Crippen molar-refractivity contribution in [1.82, 2.24) is 19.9 Å². The number of rotatable bonds is 4. The van der Waals surface area contributed by atoms with E-state index >= 15 is 0 Å². The Morgan fingerprint density at radius 3 is 2.91 bits per heavy atom. The monoisotopic (exact) mass is 304 g/mol. The molecule has 0 aromatic carbocycles. The minimum Gasteiger partial charge on any atom is -0.476 e. The molecule has 1 aromatic heterocycles. The Bertz CT molecular complexity index is 608. The fourth-order valence-electron chi connectivity index (χ4n) is 3.22. The summed E-state index contributed by atoms with van der Waals surface area (Å²) in [7, 11) is 0. The quantitative estimate of drug-likeness (QED) is 0.906. The lowest BCUT2D eigenvalue weighted by Gasteiger charge is -2.33. The second kappa shape index (κ2) is 6.29. The van der Waals surface area contributed by atoms with Crippen LogP contribution in [0.25, 0.3) is 0 Å². The first kappa shape index (κ1) is 14.7. The average molecular weight is 304 g/mol. The van der Waals surface area contributed by atoms with Crippen LogP contribution < -0.4 is 0 Å². The van der Waals surface area contributed by atoms with Gasteiger partial charge in [-0.1, -0.05) is 11.3 Å². The molecule has 0 unspecified atom stereocenters. The number of likely N-dealkylation sites (tertiary alicyclic amines) is 1. The van der Waals surface area contributed by atoms with Crippen LogP contribution in [0, 0.1) is 5.92 Å². The summed E-state index contributed by atoms with van der Waals surface area (Å²) in [6.45, 7) is 2.12. The number of carbonyl (C=O) groups is 2. The van der Waals surface area contributed by atoms with Crippen molar-refractivity contribution in [3.63, 3.8) is 0 Å². The van der Waals surface area contributed by atoms with Gasteiger partial charge >= 0.3 is 5.97 Å². The largest absolute Gasteiger partial charge is 0.476 e. The number of allylic oxidation sites excluding steroid dienone is 1. The van der Waals surface area contributed by atoms with Crippen LogP contribution in [0.5, 0.6) is 0 Å². The highest BCUT2D eigenvalue weighted by Crippen LogP contribution is 2.24. The Morgan fingerprint density at radius 2 is 2.23 bits per heavy atom. The first-order chi connectivity index (χ1) is 10.6. The van der Waals surface area contributed by atoms with Gasteiger partial charge in [-0.2, -0.15) is 0 Å². The van der Waals surface area contributed by atoms with Crippen molar-refractivity contribution in [2.24, 2.45) is 5.92 Å². The Labute approximate surface area is 128 Å². The Hall–Kier alpha value is -2.18. The molecule has 0 spiro atoms. The molecule has 1 fully saturated rings. The molecule has 1 atom stereocenters. The number of aromatic nitrogens is 3. The predicted molar refractivity (Wildman–Crippen MR) is 78.2 cm³/mol. The van der Waals surface area contributed by atoms with E-state index in [0.29, 0.717) is 19.0 Å². The molecule has 1 aliphatic heterocycles. The van der Waals surface area contributed by atoms with E-state index in [0.717, 1.165) is 44.2 Å². The van der Waals surface area contributed by atoms with Gasteiger partial charge < -0.3 is 10.0 Å². The molecule has 0 bridgehead atoms. The highest BCUT2D eigenvalue weighted by Gasteiger charge is 2.27. The first-order valence-corrected chi connectivity index (χ1v) is 7.75. The van der Waals surface area contributed by atoms with Crippen molar-refractivity contribution < 1.29 is 14.7 Å². The molecule has 7 nitrogen and oxygen atoms in total. The van der Waals surface area contributed by atoms with E-state index in [1.807, 2.05) is 4.90 Å². The molecule has 0 radical (unpaired) electrons. The number of nitrogens with zero attached hydrogens (tertiary/aromatic N) is 4.